The summed E-state index contributed by atoms with van der Waals surface area (Å²) in [7, 11) is 0. The maximum absolute atomic E-state index is 13.6. The molecule has 0 aliphatic carbocycles. The van der Waals surface area contributed by atoms with Crippen molar-refractivity contribution >= 4 is 12.4 Å². The molecule has 5 heteroatoms. The van der Waals surface area contributed by atoms with Gasteiger partial charge in [0, 0.05) is 18.0 Å². The molecule has 2 rings (SSSR count). The summed E-state index contributed by atoms with van der Waals surface area (Å²) in [6.07, 6.45) is 0. The first kappa shape index (κ1) is 19.6. The Labute approximate surface area is 142 Å². The van der Waals surface area contributed by atoms with Gasteiger partial charge in [0.05, 0.1) is 13.2 Å². The molecule has 0 bridgehead atoms. The minimum absolute atomic E-state index is 0. The van der Waals surface area contributed by atoms with Crippen molar-refractivity contribution in [3.8, 4) is 0 Å². The third kappa shape index (κ3) is 4.74. The van der Waals surface area contributed by atoms with E-state index in [-0.39, 0.29) is 30.5 Å². The van der Waals surface area contributed by atoms with Crippen LogP contribution in [0.3, 0.4) is 0 Å². The second-order valence-electron chi connectivity index (χ2n) is 5.45. The summed E-state index contributed by atoms with van der Waals surface area (Å²) < 4.78 is 32.7. The fourth-order valence-corrected chi connectivity index (χ4v) is 2.71. The lowest BCUT2D eigenvalue weighted by molar-refractivity contribution is 0.103. The zero-order valence-corrected chi connectivity index (χ0v) is 14.1. The van der Waals surface area contributed by atoms with E-state index < -0.39 is 11.6 Å². The van der Waals surface area contributed by atoms with Crippen molar-refractivity contribution < 1.29 is 13.5 Å². The lowest BCUT2D eigenvalue weighted by Crippen LogP contribution is -2.20. The molecule has 2 aromatic rings. The van der Waals surface area contributed by atoms with Gasteiger partial charge in [0.15, 0.2) is 0 Å². The predicted octanol–water partition coefficient (Wildman–Crippen LogP) is 4.26. The lowest BCUT2D eigenvalue weighted by atomic mass is 9.91. The highest BCUT2D eigenvalue weighted by atomic mass is 35.5. The normalized spacial score (nSPS) is 11.9. The van der Waals surface area contributed by atoms with Crippen LogP contribution < -0.4 is 5.73 Å². The van der Waals surface area contributed by atoms with Crippen LogP contribution in [-0.2, 0) is 11.3 Å². The minimum Gasteiger partial charge on any atom is -0.376 e. The van der Waals surface area contributed by atoms with Crippen molar-refractivity contribution in [2.45, 2.75) is 26.4 Å². The summed E-state index contributed by atoms with van der Waals surface area (Å²) >= 11 is 0. The number of hydrogen-bond donors (Lipinski definition) is 1. The molecule has 1 atom stereocenters. The van der Waals surface area contributed by atoms with Gasteiger partial charge in [-0.2, -0.15) is 0 Å². The van der Waals surface area contributed by atoms with Crippen LogP contribution in [-0.4, -0.2) is 13.2 Å². The van der Waals surface area contributed by atoms with E-state index in [0.717, 1.165) is 16.7 Å². The standard InChI is InChI=1S/C18H21F2NO.ClH/c1-12-5-3-6-13(2)18(12)14(9-21)10-22-11-15-16(19)7-4-8-17(15)20;/h3-8,14H,9-11,21H2,1-2H3;1H. The Morgan fingerprint density at radius 2 is 1.52 bits per heavy atom. The van der Waals surface area contributed by atoms with Crippen molar-refractivity contribution in [1.29, 1.82) is 0 Å². The minimum atomic E-state index is -0.587. The van der Waals surface area contributed by atoms with Crippen molar-refractivity contribution in [3.63, 3.8) is 0 Å². The molecule has 0 aromatic heterocycles. The van der Waals surface area contributed by atoms with Gasteiger partial charge in [-0.05, 0) is 42.7 Å². The van der Waals surface area contributed by atoms with Crippen LogP contribution in [0.2, 0.25) is 0 Å². The molecule has 0 amide bonds. The molecule has 2 nitrogen and oxygen atoms in total. The van der Waals surface area contributed by atoms with Gasteiger partial charge < -0.3 is 10.5 Å². The maximum atomic E-state index is 13.6. The largest absolute Gasteiger partial charge is 0.376 e. The monoisotopic (exact) mass is 341 g/mol. The molecule has 2 aromatic carbocycles. The molecule has 2 N–H and O–H groups in total. The lowest BCUT2D eigenvalue weighted by Gasteiger charge is -2.20. The van der Waals surface area contributed by atoms with E-state index in [1.54, 1.807) is 0 Å². The molecule has 1 unspecified atom stereocenters. The van der Waals surface area contributed by atoms with Gasteiger partial charge in [-0.25, -0.2) is 8.78 Å². The molecule has 0 spiro atoms. The van der Waals surface area contributed by atoms with Gasteiger partial charge in [-0.3, -0.25) is 0 Å². The second kappa shape index (κ2) is 8.96. The molecule has 23 heavy (non-hydrogen) atoms. The van der Waals surface area contributed by atoms with Gasteiger partial charge in [0.2, 0.25) is 0 Å². The molecule has 0 saturated carbocycles. The van der Waals surface area contributed by atoms with Crippen LogP contribution in [0.15, 0.2) is 36.4 Å². The molecule has 126 valence electrons. The Bertz CT molecular complexity index is 608. The number of hydrogen-bond acceptors (Lipinski definition) is 2. The Morgan fingerprint density at radius 1 is 1.00 bits per heavy atom. The van der Waals surface area contributed by atoms with E-state index in [2.05, 4.69) is 0 Å². The van der Waals surface area contributed by atoms with E-state index in [4.69, 9.17) is 10.5 Å². The zero-order chi connectivity index (χ0) is 16.1. The summed E-state index contributed by atoms with van der Waals surface area (Å²) in [5, 5.41) is 0. The molecule has 0 radical (unpaired) electrons. The summed E-state index contributed by atoms with van der Waals surface area (Å²) in [6, 6.07) is 9.86. The van der Waals surface area contributed by atoms with Crippen LogP contribution in [0, 0.1) is 25.5 Å². The molecule has 0 heterocycles. The first-order valence-electron chi connectivity index (χ1n) is 7.31. The van der Waals surface area contributed by atoms with E-state index in [1.165, 1.54) is 18.2 Å². The number of aryl methyl sites for hydroxylation is 2. The molecule has 0 aliphatic heterocycles. The fraction of sp³-hybridized carbons (Fsp3) is 0.333. The third-order valence-electron chi connectivity index (χ3n) is 3.86. The Hall–Kier alpha value is -1.49. The third-order valence-corrected chi connectivity index (χ3v) is 3.86. The van der Waals surface area contributed by atoms with Crippen molar-refractivity contribution in [1.82, 2.24) is 0 Å². The second-order valence-corrected chi connectivity index (χ2v) is 5.45. The first-order valence-corrected chi connectivity index (χ1v) is 7.31. The number of ether oxygens (including phenoxy) is 1. The van der Waals surface area contributed by atoms with E-state index in [0.29, 0.717) is 13.2 Å². The highest BCUT2D eigenvalue weighted by molar-refractivity contribution is 5.85. The predicted molar refractivity (Wildman–Crippen MR) is 91.0 cm³/mol. The van der Waals surface area contributed by atoms with Crippen LogP contribution in [0.25, 0.3) is 0 Å². The summed E-state index contributed by atoms with van der Waals surface area (Å²) in [6.45, 7) is 4.71. The Balaban J connectivity index is 0.00000264. The maximum Gasteiger partial charge on any atom is 0.131 e. The van der Waals surface area contributed by atoms with Crippen molar-refractivity contribution in [2.24, 2.45) is 5.73 Å². The number of rotatable bonds is 6. The Kier molecular flexibility index (Phi) is 7.62. The first-order chi connectivity index (χ1) is 10.5. The van der Waals surface area contributed by atoms with Crippen LogP contribution in [0.4, 0.5) is 8.78 Å². The Morgan fingerprint density at radius 3 is 2.04 bits per heavy atom. The van der Waals surface area contributed by atoms with Gasteiger partial charge >= 0.3 is 0 Å². The van der Waals surface area contributed by atoms with E-state index >= 15 is 0 Å². The molecule has 0 aliphatic rings. The highest BCUT2D eigenvalue weighted by Gasteiger charge is 2.16. The topological polar surface area (TPSA) is 35.2 Å². The molecular formula is C18H22ClF2NO. The van der Waals surface area contributed by atoms with Gasteiger partial charge in [0.1, 0.15) is 11.6 Å². The fourth-order valence-electron chi connectivity index (χ4n) is 2.71. The van der Waals surface area contributed by atoms with Gasteiger partial charge in [-0.15, -0.1) is 12.4 Å². The smallest absolute Gasteiger partial charge is 0.131 e. The van der Waals surface area contributed by atoms with Crippen LogP contribution in [0.5, 0.6) is 0 Å². The average Bonchev–Trinajstić information content (AvgIpc) is 2.48. The van der Waals surface area contributed by atoms with E-state index in [1.807, 2.05) is 32.0 Å². The number of benzene rings is 2. The average molecular weight is 342 g/mol. The molecule has 0 fully saturated rings. The van der Waals surface area contributed by atoms with Gasteiger partial charge in [0.25, 0.3) is 0 Å². The summed E-state index contributed by atoms with van der Waals surface area (Å²) in [5.74, 6) is -1.16. The van der Waals surface area contributed by atoms with Crippen molar-refractivity contribution in [2.75, 3.05) is 13.2 Å². The van der Waals surface area contributed by atoms with Crippen LogP contribution >= 0.6 is 12.4 Å². The number of nitrogens with two attached hydrogens (primary N) is 1. The van der Waals surface area contributed by atoms with Crippen LogP contribution in [0.1, 0.15) is 28.2 Å². The highest BCUT2D eigenvalue weighted by Crippen LogP contribution is 2.24. The SMILES string of the molecule is Cc1cccc(C)c1C(CN)COCc1c(F)cccc1F.Cl. The van der Waals surface area contributed by atoms with E-state index in [9.17, 15) is 8.78 Å². The molecule has 0 saturated heterocycles. The quantitative estimate of drug-likeness (QED) is 0.852. The number of halogens is 3. The van der Waals surface area contributed by atoms with Crippen molar-refractivity contribution in [3.05, 3.63) is 70.3 Å². The summed E-state index contributed by atoms with van der Waals surface area (Å²) in [4.78, 5) is 0. The van der Waals surface area contributed by atoms with Gasteiger partial charge in [-0.1, -0.05) is 24.3 Å². The zero-order valence-electron chi connectivity index (χ0n) is 13.3. The molecular weight excluding hydrogens is 320 g/mol. The summed E-state index contributed by atoms with van der Waals surface area (Å²) in [5.41, 5.74) is 9.26.